The molecule has 1 amide bonds. The van der Waals surface area contributed by atoms with Crippen LogP contribution in [0.2, 0.25) is 5.02 Å². The number of nitrogens with zero attached hydrogens (tertiary/aromatic N) is 2. The molecule has 0 aromatic heterocycles. The first kappa shape index (κ1) is 19.4. The van der Waals surface area contributed by atoms with Crippen LogP contribution in [0, 0.1) is 10.1 Å². The van der Waals surface area contributed by atoms with Gasteiger partial charge in [-0.3, -0.25) is 14.9 Å². The Kier molecular flexibility index (Phi) is 6.68. The zero-order chi connectivity index (χ0) is 19.1. The number of nitrogens with one attached hydrogen (secondary N) is 1. The minimum atomic E-state index is -0.574. The second-order valence-corrected chi connectivity index (χ2v) is 5.85. The molecule has 0 aliphatic heterocycles. The van der Waals surface area contributed by atoms with Crippen LogP contribution in [0.15, 0.2) is 47.6 Å². The van der Waals surface area contributed by atoms with Crippen molar-refractivity contribution in [3.8, 4) is 5.75 Å². The molecule has 0 spiro atoms. The van der Waals surface area contributed by atoms with Gasteiger partial charge in [-0.25, -0.2) is 5.43 Å². The van der Waals surface area contributed by atoms with Gasteiger partial charge in [0.1, 0.15) is 10.8 Å². The number of hydrogen-bond acceptors (Lipinski definition) is 5. The van der Waals surface area contributed by atoms with Gasteiger partial charge in [0.2, 0.25) is 0 Å². The highest BCUT2D eigenvalue weighted by atomic mass is 35.5. The predicted molar refractivity (Wildman–Crippen MR) is 99.8 cm³/mol. The molecule has 0 aliphatic carbocycles. The van der Waals surface area contributed by atoms with Crippen molar-refractivity contribution in [2.24, 2.45) is 5.10 Å². The molecule has 2 aromatic carbocycles. The molecule has 26 heavy (non-hydrogen) atoms. The van der Waals surface area contributed by atoms with Gasteiger partial charge < -0.3 is 4.74 Å². The maximum absolute atomic E-state index is 11.8. The number of rotatable bonds is 7. The monoisotopic (exact) mass is 375 g/mol. The molecule has 7 nitrogen and oxygen atoms in total. The average molecular weight is 376 g/mol. The number of halogens is 1. The molecule has 2 rings (SSSR count). The van der Waals surface area contributed by atoms with Crippen molar-refractivity contribution < 1.29 is 14.5 Å². The van der Waals surface area contributed by atoms with Crippen molar-refractivity contribution in [3.05, 3.63) is 68.7 Å². The van der Waals surface area contributed by atoms with Crippen LogP contribution in [0.3, 0.4) is 0 Å². The lowest BCUT2D eigenvalue weighted by molar-refractivity contribution is -0.384. The van der Waals surface area contributed by atoms with Crippen LogP contribution < -0.4 is 10.2 Å². The summed E-state index contributed by atoms with van der Waals surface area (Å²) in [5.41, 5.74) is 4.21. The summed E-state index contributed by atoms with van der Waals surface area (Å²) in [6.07, 6.45) is 0.928. The number of carbonyl (C=O) groups is 1. The topological polar surface area (TPSA) is 93.8 Å². The molecule has 1 N–H and O–H groups in total. The van der Waals surface area contributed by atoms with Crippen LogP contribution in [0.25, 0.3) is 0 Å². The van der Waals surface area contributed by atoms with E-state index in [9.17, 15) is 14.9 Å². The molecule has 136 valence electrons. The first-order valence-corrected chi connectivity index (χ1v) is 8.27. The third kappa shape index (κ3) is 5.29. The van der Waals surface area contributed by atoms with Crippen molar-refractivity contribution in [2.45, 2.75) is 20.3 Å². The highest BCUT2D eigenvalue weighted by Crippen LogP contribution is 2.25. The van der Waals surface area contributed by atoms with E-state index in [-0.39, 0.29) is 17.3 Å². The van der Waals surface area contributed by atoms with E-state index in [1.807, 2.05) is 12.1 Å². The number of nitro benzene ring substituents is 1. The number of hydrogen-bond donors (Lipinski definition) is 1. The van der Waals surface area contributed by atoms with Gasteiger partial charge in [-0.05, 0) is 37.1 Å². The van der Waals surface area contributed by atoms with Crippen LogP contribution in [-0.2, 0) is 11.2 Å². The van der Waals surface area contributed by atoms with Gasteiger partial charge in [0.25, 0.3) is 11.6 Å². The van der Waals surface area contributed by atoms with Gasteiger partial charge in [0.05, 0.1) is 10.6 Å². The maximum atomic E-state index is 11.8. The van der Waals surface area contributed by atoms with Crippen LogP contribution in [-0.4, -0.2) is 23.1 Å². The average Bonchev–Trinajstić information content (AvgIpc) is 2.64. The Morgan fingerprint density at radius 2 is 1.96 bits per heavy atom. The van der Waals surface area contributed by atoms with Crippen molar-refractivity contribution in [1.29, 1.82) is 0 Å². The second kappa shape index (κ2) is 8.96. The fourth-order valence-corrected chi connectivity index (χ4v) is 2.28. The Hall–Kier alpha value is -2.93. The largest absolute Gasteiger partial charge is 0.484 e. The molecule has 0 saturated carbocycles. The lowest BCUT2D eigenvalue weighted by Gasteiger charge is -2.07. The van der Waals surface area contributed by atoms with E-state index in [1.165, 1.54) is 17.7 Å². The molecule has 0 unspecified atom stereocenters. The normalized spacial score (nSPS) is 11.1. The maximum Gasteiger partial charge on any atom is 0.288 e. The first-order valence-electron chi connectivity index (χ1n) is 7.90. The lowest BCUT2D eigenvalue weighted by Crippen LogP contribution is -2.25. The number of carbonyl (C=O) groups excluding carboxylic acids is 1. The summed E-state index contributed by atoms with van der Waals surface area (Å²) >= 11 is 5.77. The van der Waals surface area contributed by atoms with Crippen LogP contribution >= 0.6 is 11.6 Å². The molecule has 0 heterocycles. The third-order valence-corrected chi connectivity index (χ3v) is 3.93. The highest BCUT2D eigenvalue weighted by molar-refractivity contribution is 6.32. The Morgan fingerprint density at radius 1 is 1.27 bits per heavy atom. The molecule has 0 radical (unpaired) electrons. The lowest BCUT2D eigenvalue weighted by atomic mass is 10.1. The van der Waals surface area contributed by atoms with Crippen molar-refractivity contribution in [1.82, 2.24) is 5.43 Å². The predicted octanol–water partition coefficient (Wildman–Crippen LogP) is 3.73. The molecule has 2 aromatic rings. The van der Waals surface area contributed by atoms with Gasteiger partial charge in [0.15, 0.2) is 6.61 Å². The number of nitro groups is 1. The molecule has 0 atom stereocenters. The number of hydrazone groups is 1. The standard InChI is InChI=1S/C18H18ClN3O4/c1-3-13-4-7-15(8-5-13)26-11-18(23)21-20-12(2)14-6-9-16(19)17(10-14)22(24)25/h4-10H,3,11H2,1-2H3,(H,21,23)/b20-12-. The fraction of sp³-hybridized carbons (Fsp3) is 0.222. The number of benzene rings is 2. The Bertz CT molecular complexity index is 835. The minimum absolute atomic E-state index is 0.0399. The number of amides is 1. The summed E-state index contributed by atoms with van der Waals surface area (Å²) in [5.74, 6) is 0.152. The fourth-order valence-electron chi connectivity index (χ4n) is 2.09. The quantitative estimate of drug-likeness (QED) is 0.453. The van der Waals surface area contributed by atoms with E-state index in [1.54, 1.807) is 25.1 Å². The number of aryl methyl sites for hydroxylation is 1. The molecular weight excluding hydrogens is 358 g/mol. The van der Waals surface area contributed by atoms with Crippen molar-refractivity contribution in [3.63, 3.8) is 0 Å². The smallest absolute Gasteiger partial charge is 0.288 e. The van der Waals surface area contributed by atoms with Crippen LogP contribution in [0.1, 0.15) is 25.0 Å². The molecular formula is C18H18ClN3O4. The summed E-state index contributed by atoms with van der Waals surface area (Å²) < 4.78 is 5.38. The van der Waals surface area contributed by atoms with E-state index < -0.39 is 10.8 Å². The van der Waals surface area contributed by atoms with E-state index in [4.69, 9.17) is 16.3 Å². The second-order valence-electron chi connectivity index (χ2n) is 5.44. The summed E-state index contributed by atoms with van der Waals surface area (Å²) in [7, 11) is 0. The Balaban J connectivity index is 1.94. The van der Waals surface area contributed by atoms with Gasteiger partial charge in [-0.15, -0.1) is 0 Å². The number of ether oxygens (including phenoxy) is 1. The van der Waals surface area contributed by atoms with E-state index in [0.717, 1.165) is 6.42 Å². The molecule has 0 bridgehead atoms. The van der Waals surface area contributed by atoms with Crippen molar-refractivity contribution in [2.75, 3.05) is 6.61 Å². The van der Waals surface area contributed by atoms with Gasteiger partial charge in [-0.2, -0.15) is 5.10 Å². The Morgan fingerprint density at radius 3 is 2.58 bits per heavy atom. The van der Waals surface area contributed by atoms with Gasteiger partial charge >= 0.3 is 0 Å². The SMILES string of the molecule is CCc1ccc(OCC(=O)N/N=C(/C)c2ccc(Cl)c([N+](=O)[O-])c2)cc1. The molecule has 0 aliphatic rings. The van der Waals surface area contributed by atoms with E-state index >= 15 is 0 Å². The third-order valence-electron chi connectivity index (χ3n) is 3.61. The summed E-state index contributed by atoms with van der Waals surface area (Å²) in [6.45, 7) is 3.49. The van der Waals surface area contributed by atoms with E-state index in [2.05, 4.69) is 17.5 Å². The van der Waals surface area contributed by atoms with Crippen LogP contribution in [0.4, 0.5) is 5.69 Å². The van der Waals surface area contributed by atoms with Gasteiger partial charge in [-0.1, -0.05) is 36.7 Å². The summed E-state index contributed by atoms with van der Waals surface area (Å²) in [5, 5.41) is 14.9. The molecule has 8 heteroatoms. The summed E-state index contributed by atoms with van der Waals surface area (Å²) in [6, 6.07) is 11.8. The van der Waals surface area contributed by atoms with Gasteiger partial charge in [0, 0.05) is 11.6 Å². The highest BCUT2D eigenvalue weighted by Gasteiger charge is 2.14. The molecule has 0 fully saturated rings. The van der Waals surface area contributed by atoms with Crippen molar-refractivity contribution >= 4 is 28.9 Å². The first-order chi connectivity index (χ1) is 12.4. The minimum Gasteiger partial charge on any atom is -0.484 e. The molecule has 0 saturated heterocycles. The Labute approximate surface area is 155 Å². The summed E-state index contributed by atoms with van der Waals surface area (Å²) in [4.78, 5) is 22.2. The zero-order valence-electron chi connectivity index (χ0n) is 14.4. The van der Waals surface area contributed by atoms with E-state index in [0.29, 0.717) is 17.0 Å². The zero-order valence-corrected chi connectivity index (χ0v) is 15.1. The van der Waals surface area contributed by atoms with Crippen LogP contribution in [0.5, 0.6) is 5.75 Å².